The lowest BCUT2D eigenvalue weighted by Gasteiger charge is -1.81. The van der Waals surface area contributed by atoms with Crippen LogP contribution in [0.5, 0.6) is 0 Å². The SMILES string of the molecule is Nc1nnc(SCCl)s1. The Morgan fingerprint density at radius 1 is 1.67 bits per heavy atom. The van der Waals surface area contributed by atoms with Gasteiger partial charge >= 0.3 is 0 Å². The molecule has 50 valence electrons. The summed E-state index contributed by atoms with van der Waals surface area (Å²) in [5.74, 6) is 0. The van der Waals surface area contributed by atoms with Crippen molar-refractivity contribution in [2.75, 3.05) is 10.9 Å². The third-order valence-electron chi connectivity index (χ3n) is 0.600. The number of hydrogen-bond donors (Lipinski definition) is 1. The first kappa shape index (κ1) is 7.11. The van der Waals surface area contributed by atoms with E-state index in [9.17, 15) is 0 Å². The average molecular weight is 182 g/mol. The fourth-order valence-electron chi connectivity index (χ4n) is 0.325. The molecule has 0 radical (unpaired) electrons. The van der Waals surface area contributed by atoms with Crippen molar-refractivity contribution in [3.8, 4) is 0 Å². The second-order valence-corrected chi connectivity index (χ2v) is 3.98. The predicted octanol–water partition coefficient (Wildman–Crippen LogP) is 1.41. The molecule has 0 aromatic carbocycles. The predicted molar refractivity (Wildman–Crippen MR) is 40.9 cm³/mol. The molecule has 2 N–H and O–H groups in total. The monoisotopic (exact) mass is 181 g/mol. The van der Waals surface area contributed by atoms with Crippen LogP contribution >= 0.6 is 34.7 Å². The van der Waals surface area contributed by atoms with Crippen LogP contribution in [-0.4, -0.2) is 15.4 Å². The van der Waals surface area contributed by atoms with Crippen LogP contribution in [-0.2, 0) is 0 Å². The summed E-state index contributed by atoms with van der Waals surface area (Å²) in [7, 11) is 0. The van der Waals surface area contributed by atoms with Crippen molar-refractivity contribution in [1.82, 2.24) is 10.2 Å². The van der Waals surface area contributed by atoms with Gasteiger partial charge in [-0.25, -0.2) is 0 Å². The van der Waals surface area contributed by atoms with Crippen LogP contribution in [0.4, 0.5) is 5.13 Å². The van der Waals surface area contributed by atoms with Crippen LogP contribution in [0, 0.1) is 0 Å². The van der Waals surface area contributed by atoms with Gasteiger partial charge in [-0.1, -0.05) is 23.1 Å². The third-order valence-corrected chi connectivity index (χ3v) is 2.52. The number of nitrogen functional groups attached to an aromatic ring is 1. The molecule has 0 aliphatic rings. The first-order valence-corrected chi connectivity index (χ1v) is 4.44. The molecule has 1 aromatic rings. The number of alkyl halides is 1. The smallest absolute Gasteiger partial charge is 0.203 e. The molecule has 0 saturated heterocycles. The van der Waals surface area contributed by atoms with Crippen molar-refractivity contribution in [3.05, 3.63) is 0 Å². The molecule has 0 bridgehead atoms. The molecule has 0 unspecified atom stereocenters. The van der Waals surface area contributed by atoms with Gasteiger partial charge in [-0.15, -0.1) is 21.8 Å². The highest BCUT2D eigenvalue weighted by molar-refractivity contribution is 8.02. The standard InChI is InChI=1S/C3H4ClN3S2/c4-1-8-3-7-6-2(5)9-3/h1H2,(H2,5,6). The number of halogens is 1. The lowest BCUT2D eigenvalue weighted by Crippen LogP contribution is -1.79. The molecular weight excluding hydrogens is 178 g/mol. The number of nitrogens with two attached hydrogens (primary N) is 1. The van der Waals surface area contributed by atoms with E-state index in [1.807, 2.05) is 0 Å². The van der Waals surface area contributed by atoms with Gasteiger partial charge in [0.15, 0.2) is 4.34 Å². The molecule has 0 aliphatic heterocycles. The Bertz CT molecular complexity index is 189. The molecular formula is C3H4ClN3S2. The molecule has 0 spiro atoms. The van der Waals surface area contributed by atoms with E-state index >= 15 is 0 Å². The quantitative estimate of drug-likeness (QED) is 0.554. The maximum Gasteiger partial charge on any atom is 0.203 e. The first-order chi connectivity index (χ1) is 4.33. The van der Waals surface area contributed by atoms with Crippen molar-refractivity contribution in [3.63, 3.8) is 0 Å². The highest BCUT2D eigenvalue weighted by Gasteiger charge is 1.98. The van der Waals surface area contributed by atoms with Gasteiger partial charge in [0, 0.05) is 0 Å². The van der Waals surface area contributed by atoms with Gasteiger partial charge in [-0.2, -0.15) is 0 Å². The summed E-state index contributed by atoms with van der Waals surface area (Å²) in [4.78, 5) is 0. The Morgan fingerprint density at radius 3 is 2.89 bits per heavy atom. The number of aromatic nitrogens is 2. The van der Waals surface area contributed by atoms with Crippen LogP contribution in [0.25, 0.3) is 0 Å². The molecule has 6 heteroatoms. The van der Waals surface area contributed by atoms with Crippen LogP contribution < -0.4 is 5.73 Å². The number of nitrogens with zero attached hydrogens (tertiary/aromatic N) is 2. The molecule has 0 saturated carbocycles. The number of anilines is 1. The van der Waals surface area contributed by atoms with Crippen molar-refractivity contribution in [2.45, 2.75) is 4.34 Å². The second kappa shape index (κ2) is 3.24. The van der Waals surface area contributed by atoms with Crippen molar-refractivity contribution >= 4 is 39.8 Å². The van der Waals surface area contributed by atoms with Crippen LogP contribution in [0.2, 0.25) is 0 Å². The Morgan fingerprint density at radius 2 is 2.44 bits per heavy atom. The largest absolute Gasteiger partial charge is 0.374 e. The zero-order valence-electron chi connectivity index (χ0n) is 4.37. The van der Waals surface area contributed by atoms with Crippen LogP contribution in [0.3, 0.4) is 0 Å². The molecule has 0 aliphatic carbocycles. The Hall–Kier alpha value is -0.0000000000000000278. The first-order valence-electron chi connectivity index (χ1n) is 2.10. The second-order valence-electron chi connectivity index (χ2n) is 1.16. The molecule has 3 nitrogen and oxygen atoms in total. The Kier molecular flexibility index (Phi) is 2.56. The summed E-state index contributed by atoms with van der Waals surface area (Å²) in [6.07, 6.45) is 0. The zero-order valence-corrected chi connectivity index (χ0v) is 6.76. The Balaban J connectivity index is 2.61. The maximum atomic E-state index is 5.41. The van der Waals surface area contributed by atoms with Crippen LogP contribution in [0.15, 0.2) is 4.34 Å². The molecule has 1 heterocycles. The summed E-state index contributed by atoms with van der Waals surface area (Å²) in [6.45, 7) is 0. The molecule has 0 amide bonds. The summed E-state index contributed by atoms with van der Waals surface area (Å²) in [5.41, 5.74) is 5.30. The van der Waals surface area contributed by atoms with Gasteiger partial charge in [-0.3, -0.25) is 0 Å². The minimum absolute atomic E-state index is 0.489. The summed E-state index contributed by atoms with van der Waals surface area (Å²) >= 11 is 8.18. The van der Waals surface area contributed by atoms with E-state index < -0.39 is 0 Å². The van der Waals surface area contributed by atoms with Gasteiger partial charge in [0.25, 0.3) is 0 Å². The van der Waals surface area contributed by atoms with Crippen molar-refractivity contribution in [1.29, 1.82) is 0 Å². The number of hydrogen-bond acceptors (Lipinski definition) is 5. The molecule has 0 fully saturated rings. The Labute approximate surface area is 65.6 Å². The van der Waals surface area contributed by atoms with E-state index in [4.69, 9.17) is 17.3 Å². The van der Waals surface area contributed by atoms with Gasteiger partial charge in [0.1, 0.15) is 0 Å². The topological polar surface area (TPSA) is 51.8 Å². The molecule has 1 rings (SSSR count). The van der Waals surface area contributed by atoms with Crippen molar-refractivity contribution in [2.24, 2.45) is 0 Å². The van der Waals surface area contributed by atoms with E-state index in [1.54, 1.807) is 0 Å². The van der Waals surface area contributed by atoms with E-state index in [-0.39, 0.29) is 0 Å². The molecule has 9 heavy (non-hydrogen) atoms. The number of rotatable bonds is 2. The van der Waals surface area contributed by atoms with Gasteiger partial charge in [0.2, 0.25) is 5.13 Å². The molecule has 0 atom stereocenters. The lowest BCUT2D eigenvalue weighted by atomic mass is 11.3. The van der Waals surface area contributed by atoms with Gasteiger partial charge < -0.3 is 5.73 Å². The van der Waals surface area contributed by atoms with E-state index in [2.05, 4.69) is 10.2 Å². The highest BCUT2D eigenvalue weighted by atomic mass is 35.5. The average Bonchev–Trinajstić information content (AvgIpc) is 2.17. The normalized spacial score (nSPS) is 9.89. The lowest BCUT2D eigenvalue weighted by molar-refractivity contribution is 1.02. The van der Waals surface area contributed by atoms with E-state index in [0.717, 1.165) is 4.34 Å². The summed E-state index contributed by atoms with van der Waals surface area (Å²) in [6, 6.07) is 0. The zero-order chi connectivity index (χ0) is 6.69. The highest BCUT2D eigenvalue weighted by Crippen LogP contribution is 2.23. The fourth-order valence-corrected chi connectivity index (χ4v) is 2.03. The van der Waals surface area contributed by atoms with Gasteiger partial charge in [-0.05, 0) is 0 Å². The van der Waals surface area contributed by atoms with Crippen LogP contribution in [0.1, 0.15) is 0 Å². The number of thioether (sulfide) groups is 1. The van der Waals surface area contributed by atoms with Crippen molar-refractivity contribution < 1.29 is 0 Å². The minimum Gasteiger partial charge on any atom is -0.374 e. The van der Waals surface area contributed by atoms with E-state index in [0.29, 0.717) is 10.3 Å². The van der Waals surface area contributed by atoms with Gasteiger partial charge in [0.05, 0.1) is 5.21 Å². The maximum absolute atomic E-state index is 5.41. The fraction of sp³-hybridized carbons (Fsp3) is 0.333. The summed E-state index contributed by atoms with van der Waals surface area (Å²) < 4.78 is 0.822. The third kappa shape index (κ3) is 2.00. The minimum atomic E-state index is 0.489. The molecule has 1 aromatic heterocycles. The van der Waals surface area contributed by atoms with E-state index in [1.165, 1.54) is 23.1 Å². The summed E-state index contributed by atoms with van der Waals surface area (Å²) in [5, 5.41) is 8.31.